The number of ether oxygens (including phenoxy) is 2. The summed E-state index contributed by atoms with van der Waals surface area (Å²) in [4.78, 5) is 12.0. The van der Waals surface area contributed by atoms with Crippen LogP contribution in [-0.4, -0.2) is 37.8 Å². The molecular weight excluding hydrogens is 325 g/mol. The van der Waals surface area contributed by atoms with Crippen LogP contribution in [0.5, 0.6) is 5.75 Å². The number of hydrogen-bond donors (Lipinski definition) is 2. The van der Waals surface area contributed by atoms with Crippen LogP contribution in [0.1, 0.15) is 25.0 Å². The Morgan fingerprint density at radius 2 is 2.21 bits per heavy atom. The molecule has 0 radical (unpaired) electrons. The van der Waals surface area contributed by atoms with Gasteiger partial charge in [0.2, 0.25) is 5.91 Å². The first kappa shape index (κ1) is 18.5. The molecule has 1 aliphatic rings. The van der Waals surface area contributed by atoms with Crippen LogP contribution < -0.4 is 15.4 Å². The molecule has 1 aliphatic heterocycles. The molecule has 134 valence electrons. The lowest BCUT2D eigenvalue weighted by Crippen LogP contribution is -2.51. The van der Waals surface area contributed by atoms with Crippen molar-refractivity contribution in [2.75, 3.05) is 19.8 Å². The first-order valence-corrected chi connectivity index (χ1v) is 7.73. The number of morpholine rings is 1. The molecule has 2 rings (SSSR count). The number of halogens is 3. The monoisotopic (exact) mass is 346 g/mol. The van der Waals surface area contributed by atoms with Gasteiger partial charge in [-0.2, -0.15) is 13.2 Å². The quantitative estimate of drug-likeness (QED) is 0.857. The molecule has 0 aromatic heterocycles. The van der Waals surface area contributed by atoms with E-state index in [0.717, 1.165) is 6.07 Å². The molecular formula is C16H21F3N2O3. The summed E-state index contributed by atoms with van der Waals surface area (Å²) in [7, 11) is 0. The summed E-state index contributed by atoms with van der Waals surface area (Å²) in [5.41, 5.74) is -0.822. The van der Waals surface area contributed by atoms with Gasteiger partial charge in [-0.15, -0.1) is 0 Å². The number of amides is 1. The number of hydrogen-bond acceptors (Lipinski definition) is 4. The predicted molar refractivity (Wildman–Crippen MR) is 81.7 cm³/mol. The van der Waals surface area contributed by atoms with Crippen molar-refractivity contribution in [3.8, 4) is 5.75 Å². The van der Waals surface area contributed by atoms with Crippen molar-refractivity contribution in [2.24, 2.45) is 0 Å². The molecule has 1 amide bonds. The SMILES string of the molecule is CC(C)Oc1ccc(CNC(=O)C2COCCN2)c(C(F)(F)F)c1. The fourth-order valence-corrected chi connectivity index (χ4v) is 2.36. The molecule has 1 aromatic carbocycles. The van der Waals surface area contributed by atoms with Gasteiger partial charge in [-0.3, -0.25) is 4.79 Å². The molecule has 0 saturated carbocycles. The van der Waals surface area contributed by atoms with E-state index in [1.807, 2.05) is 0 Å². The van der Waals surface area contributed by atoms with Crippen molar-refractivity contribution < 1.29 is 27.4 Å². The Bertz CT molecular complexity index is 570. The lowest BCUT2D eigenvalue weighted by molar-refractivity contribution is -0.138. The van der Waals surface area contributed by atoms with Crippen molar-refractivity contribution in [3.63, 3.8) is 0 Å². The number of nitrogens with one attached hydrogen (secondary N) is 2. The highest BCUT2D eigenvalue weighted by atomic mass is 19.4. The maximum Gasteiger partial charge on any atom is 0.416 e. The first-order valence-electron chi connectivity index (χ1n) is 7.73. The molecule has 0 bridgehead atoms. The van der Waals surface area contributed by atoms with Gasteiger partial charge in [0.1, 0.15) is 11.8 Å². The highest BCUT2D eigenvalue weighted by Crippen LogP contribution is 2.34. The highest BCUT2D eigenvalue weighted by Gasteiger charge is 2.34. The summed E-state index contributed by atoms with van der Waals surface area (Å²) in [5, 5.41) is 5.47. The summed E-state index contributed by atoms with van der Waals surface area (Å²) in [6, 6.07) is 3.21. The zero-order chi connectivity index (χ0) is 17.7. The lowest BCUT2D eigenvalue weighted by Gasteiger charge is -2.23. The topological polar surface area (TPSA) is 59.6 Å². The van der Waals surface area contributed by atoms with E-state index in [0.29, 0.717) is 13.2 Å². The zero-order valence-corrected chi connectivity index (χ0v) is 13.6. The van der Waals surface area contributed by atoms with Gasteiger partial charge in [0.05, 0.1) is 24.9 Å². The largest absolute Gasteiger partial charge is 0.491 e. The second kappa shape index (κ2) is 7.85. The predicted octanol–water partition coefficient (Wildman–Crippen LogP) is 2.10. The van der Waals surface area contributed by atoms with E-state index < -0.39 is 17.8 Å². The van der Waals surface area contributed by atoms with Gasteiger partial charge in [0.15, 0.2) is 0 Å². The summed E-state index contributed by atoms with van der Waals surface area (Å²) < 4.78 is 50.2. The second-order valence-corrected chi connectivity index (χ2v) is 5.78. The third-order valence-electron chi connectivity index (χ3n) is 3.45. The van der Waals surface area contributed by atoms with E-state index in [-0.39, 0.29) is 36.5 Å². The van der Waals surface area contributed by atoms with Crippen molar-refractivity contribution in [1.29, 1.82) is 0 Å². The average Bonchev–Trinajstić information content (AvgIpc) is 2.52. The van der Waals surface area contributed by atoms with E-state index in [1.165, 1.54) is 12.1 Å². The van der Waals surface area contributed by atoms with Gasteiger partial charge in [-0.05, 0) is 31.5 Å². The number of rotatable bonds is 5. The Kier molecular flexibility index (Phi) is 6.06. The standard InChI is InChI=1S/C16H21F3N2O3/c1-10(2)24-12-4-3-11(13(7-12)16(17,18)19)8-21-15(22)14-9-23-6-5-20-14/h3-4,7,10,14,20H,5-6,8-9H2,1-2H3,(H,21,22). The second-order valence-electron chi connectivity index (χ2n) is 5.78. The fraction of sp³-hybridized carbons (Fsp3) is 0.562. The van der Waals surface area contributed by atoms with Gasteiger partial charge in [0, 0.05) is 13.1 Å². The molecule has 1 heterocycles. The van der Waals surface area contributed by atoms with E-state index in [4.69, 9.17) is 9.47 Å². The number of carbonyl (C=O) groups excluding carboxylic acids is 1. The van der Waals surface area contributed by atoms with Crippen molar-refractivity contribution in [2.45, 2.75) is 38.7 Å². The van der Waals surface area contributed by atoms with Crippen LogP contribution in [0.15, 0.2) is 18.2 Å². The number of alkyl halides is 3. The Labute approximate surface area is 138 Å². The van der Waals surface area contributed by atoms with E-state index >= 15 is 0 Å². The summed E-state index contributed by atoms with van der Waals surface area (Å²) in [6.45, 7) is 4.51. The summed E-state index contributed by atoms with van der Waals surface area (Å²) in [5.74, 6) is -0.236. The highest BCUT2D eigenvalue weighted by molar-refractivity contribution is 5.82. The van der Waals surface area contributed by atoms with Gasteiger partial charge >= 0.3 is 6.18 Å². The lowest BCUT2D eigenvalue weighted by atomic mass is 10.1. The molecule has 1 aromatic rings. The number of carbonyl (C=O) groups is 1. The Morgan fingerprint density at radius 1 is 1.46 bits per heavy atom. The van der Waals surface area contributed by atoms with Gasteiger partial charge in [-0.1, -0.05) is 6.07 Å². The van der Waals surface area contributed by atoms with Crippen molar-refractivity contribution in [1.82, 2.24) is 10.6 Å². The van der Waals surface area contributed by atoms with Crippen molar-refractivity contribution in [3.05, 3.63) is 29.3 Å². The molecule has 5 nitrogen and oxygen atoms in total. The minimum atomic E-state index is -4.53. The molecule has 1 fully saturated rings. The van der Waals surface area contributed by atoms with Gasteiger partial charge in [0.25, 0.3) is 0 Å². The minimum Gasteiger partial charge on any atom is -0.491 e. The average molecular weight is 346 g/mol. The van der Waals surface area contributed by atoms with Crippen molar-refractivity contribution >= 4 is 5.91 Å². The van der Waals surface area contributed by atoms with E-state index in [2.05, 4.69) is 10.6 Å². The maximum atomic E-state index is 13.2. The van der Waals surface area contributed by atoms with E-state index in [1.54, 1.807) is 13.8 Å². The number of benzene rings is 1. The molecule has 1 saturated heterocycles. The third-order valence-corrected chi connectivity index (χ3v) is 3.45. The molecule has 2 N–H and O–H groups in total. The van der Waals surface area contributed by atoms with Gasteiger partial charge in [-0.25, -0.2) is 0 Å². The first-order chi connectivity index (χ1) is 11.3. The van der Waals surface area contributed by atoms with Crippen LogP contribution in [0.2, 0.25) is 0 Å². The van der Waals surface area contributed by atoms with Crippen LogP contribution in [0, 0.1) is 0 Å². The summed E-state index contributed by atoms with van der Waals surface area (Å²) >= 11 is 0. The van der Waals surface area contributed by atoms with Crippen LogP contribution >= 0.6 is 0 Å². The Morgan fingerprint density at radius 3 is 2.79 bits per heavy atom. The minimum absolute atomic E-state index is 0.0105. The van der Waals surface area contributed by atoms with Crippen LogP contribution in [0.3, 0.4) is 0 Å². The normalized spacial score (nSPS) is 18.5. The smallest absolute Gasteiger partial charge is 0.416 e. The molecule has 0 spiro atoms. The van der Waals surface area contributed by atoms with Crippen LogP contribution in [0.4, 0.5) is 13.2 Å². The Hall–Kier alpha value is -1.80. The van der Waals surface area contributed by atoms with Crippen LogP contribution in [-0.2, 0) is 22.3 Å². The van der Waals surface area contributed by atoms with Crippen LogP contribution in [0.25, 0.3) is 0 Å². The molecule has 1 atom stereocenters. The maximum absolute atomic E-state index is 13.2. The molecule has 1 unspecified atom stereocenters. The Balaban J connectivity index is 2.09. The zero-order valence-electron chi connectivity index (χ0n) is 13.6. The summed E-state index contributed by atoms with van der Waals surface area (Å²) in [6.07, 6.45) is -4.75. The molecule has 0 aliphatic carbocycles. The third kappa shape index (κ3) is 5.10. The van der Waals surface area contributed by atoms with E-state index in [9.17, 15) is 18.0 Å². The fourth-order valence-electron chi connectivity index (χ4n) is 2.36. The molecule has 24 heavy (non-hydrogen) atoms. The van der Waals surface area contributed by atoms with Gasteiger partial charge < -0.3 is 20.1 Å². The molecule has 8 heteroatoms.